The molecule has 29 heavy (non-hydrogen) atoms. The van der Waals surface area contributed by atoms with Crippen molar-refractivity contribution in [2.24, 2.45) is 0 Å². The number of aryl methyl sites for hydroxylation is 2. The van der Waals surface area contributed by atoms with Gasteiger partial charge in [-0.05, 0) is 56.4 Å². The van der Waals surface area contributed by atoms with Gasteiger partial charge in [0.05, 0.1) is 13.1 Å². The number of rotatable bonds is 6. The molecule has 1 atom stereocenters. The number of phenols is 1. The summed E-state index contributed by atoms with van der Waals surface area (Å²) in [7, 11) is 0. The number of amides is 1. The van der Waals surface area contributed by atoms with Gasteiger partial charge in [-0.2, -0.15) is 0 Å². The molecule has 3 rings (SSSR count). The number of aromatic hydroxyl groups is 1. The van der Waals surface area contributed by atoms with Gasteiger partial charge in [-0.1, -0.05) is 37.3 Å². The minimum Gasteiger partial charge on any atom is -0.507 e. The van der Waals surface area contributed by atoms with Crippen molar-refractivity contribution in [2.75, 3.05) is 18.4 Å². The Morgan fingerprint density at radius 1 is 1.03 bits per heavy atom. The Labute approximate surface area is 200 Å². The van der Waals surface area contributed by atoms with Crippen LogP contribution in [0, 0.1) is 13.8 Å². The van der Waals surface area contributed by atoms with Gasteiger partial charge in [0.1, 0.15) is 12.3 Å². The second kappa shape index (κ2) is 10.7. The SMILES string of the molecule is CCC(C(=O)Nc1c(C)cccc1C)[N+]1(Cc2ccccc2O)CCCCC1.[Y]. The molecular formula is C24H33N2O2Y+. The van der Waals surface area contributed by atoms with E-state index in [0.29, 0.717) is 12.3 Å². The van der Waals surface area contributed by atoms with Gasteiger partial charge in [0.2, 0.25) is 0 Å². The van der Waals surface area contributed by atoms with Crippen LogP contribution in [0.25, 0.3) is 0 Å². The normalized spacial score (nSPS) is 16.5. The molecule has 0 bridgehead atoms. The van der Waals surface area contributed by atoms with E-state index in [2.05, 4.69) is 12.2 Å². The molecule has 0 spiro atoms. The zero-order valence-electron chi connectivity index (χ0n) is 17.9. The quantitative estimate of drug-likeness (QED) is 0.589. The summed E-state index contributed by atoms with van der Waals surface area (Å²) < 4.78 is 0.727. The van der Waals surface area contributed by atoms with Gasteiger partial charge in [0.15, 0.2) is 6.04 Å². The first-order valence-electron chi connectivity index (χ1n) is 10.5. The summed E-state index contributed by atoms with van der Waals surface area (Å²) >= 11 is 0. The second-order valence-electron chi connectivity index (χ2n) is 8.19. The smallest absolute Gasteiger partial charge is 0.282 e. The zero-order chi connectivity index (χ0) is 20.1. The van der Waals surface area contributed by atoms with Crippen molar-refractivity contribution in [2.45, 2.75) is 59.0 Å². The van der Waals surface area contributed by atoms with Crippen LogP contribution in [-0.2, 0) is 44.0 Å². The zero-order valence-corrected chi connectivity index (χ0v) is 20.8. The van der Waals surface area contributed by atoms with Crippen molar-refractivity contribution < 1.29 is 47.1 Å². The minimum atomic E-state index is -0.126. The second-order valence-corrected chi connectivity index (χ2v) is 8.19. The van der Waals surface area contributed by atoms with E-state index >= 15 is 0 Å². The van der Waals surface area contributed by atoms with Gasteiger partial charge in [-0.15, -0.1) is 0 Å². The topological polar surface area (TPSA) is 49.3 Å². The maximum atomic E-state index is 13.4. The maximum Gasteiger partial charge on any atom is 0.282 e. The first-order valence-corrected chi connectivity index (χ1v) is 10.5. The van der Waals surface area contributed by atoms with Gasteiger partial charge in [0, 0.05) is 50.4 Å². The summed E-state index contributed by atoms with van der Waals surface area (Å²) in [5.74, 6) is 0.424. The Morgan fingerprint density at radius 3 is 2.24 bits per heavy atom. The fourth-order valence-electron chi connectivity index (χ4n) is 4.75. The largest absolute Gasteiger partial charge is 0.507 e. The van der Waals surface area contributed by atoms with Gasteiger partial charge in [0.25, 0.3) is 5.91 Å². The Bertz CT molecular complexity index is 811. The number of quaternary nitrogens is 1. The van der Waals surface area contributed by atoms with Crippen LogP contribution >= 0.6 is 0 Å². The van der Waals surface area contributed by atoms with Crippen molar-refractivity contribution in [3.8, 4) is 5.75 Å². The average Bonchev–Trinajstić information content (AvgIpc) is 2.68. The Morgan fingerprint density at radius 2 is 1.66 bits per heavy atom. The number of piperidine rings is 1. The van der Waals surface area contributed by atoms with E-state index in [1.165, 1.54) is 6.42 Å². The number of nitrogens with zero attached hydrogens (tertiary/aromatic N) is 1. The number of hydrogen-bond acceptors (Lipinski definition) is 2. The Hall–Kier alpha value is -1.23. The molecule has 0 aromatic heterocycles. The van der Waals surface area contributed by atoms with Crippen LogP contribution in [0.4, 0.5) is 5.69 Å². The number of hydrogen-bond donors (Lipinski definition) is 2. The van der Waals surface area contributed by atoms with Crippen LogP contribution in [0.2, 0.25) is 0 Å². The molecule has 2 aromatic carbocycles. The fourth-order valence-corrected chi connectivity index (χ4v) is 4.75. The summed E-state index contributed by atoms with van der Waals surface area (Å²) in [4.78, 5) is 13.4. The van der Waals surface area contributed by atoms with E-state index in [1.54, 1.807) is 6.07 Å². The fraction of sp³-hybridized carbons (Fsp3) is 0.458. The number of anilines is 1. The molecule has 1 amide bonds. The number of likely N-dealkylation sites (tertiary alicyclic amines) is 1. The molecule has 1 fully saturated rings. The molecule has 1 saturated heterocycles. The van der Waals surface area contributed by atoms with Crippen LogP contribution in [0.1, 0.15) is 49.3 Å². The standard InChI is InChI=1S/C24H32N2O2.Y/c1-4-21(24(28)25-23-18(2)11-10-12-19(23)3)26(15-8-5-9-16-26)17-20-13-6-7-14-22(20)27;/h6-7,10-14,21H,4-5,8-9,15-17H2,1-3H3,(H-,25,27,28);/p+1. The van der Waals surface area contributed by atoms with Gasteiger partial charge in [-0.3, -0.25) is 4.79 Å². The van der Waals surface area contributed by atoms with E-state index in [-0.39, 0.29) is 44.7 Å². The number of nitrogens with one attached hydrogen (secondary N) is 1. The number of carbonyl (C=O) groups is 1. The third kappa shape index (κ3) is 5.48. The first kappa shape index (κ1) is 24.0. The molecule has 4 nitrogen and oxygen atoms in total. The van der Waals surface area contributed by atoms with E-state index < -0.39 is 0 Å². The Balaban J connectivity index is 0.00000300. The summed E-state index contributed by atoms with van der Waals surface area (Å²) in [6.45, 7) is 8.84. The van der Waals surface area contributed by atoms with E-state index in [1.807, 2.05) is 50.2 Å². The summed E-state index contributed by atoms with van der Waals surface area (Å²) in [6.07, 6.45) is 4.25. The van der Waals surface area contributed by atoms with E-state index in [4.69, 9.17) is 0 Å². The van der Waals surface area contributed by atoms with Crippen LogP contribution in [0.15, 0.2) is 42.5 Å². The number of benzene rings is 2. The summed E-state index contributed by atoms with van der Waals surface area (Å²) in [5.41, 5.74) is 4.05. The number of para-hydroxylation sites is 2. The monoisotopic (exact) mass is 470 g/mol. The predicted octanol–water partition coefficient (Wildman–Crippen LogP) is 4.92. The van der Waals surface area contributed by atoms with Crippen LogP contribution in [0.3, 0.4) is 0 Å². The van der Waals surface area contributed by atoms with Crippen molar-refractivity contribution in [1.82, 2.24) is 0 Å². The van der Waals surface area contributed by atoms with Crippen molar-refractivity contribution in [1.29, 1.82) is 0 Å². The van der Waals surface area contributed by atoms with Gasteiger partial charge < -0.3 is 14.9 Å². The van der Waals surface area contributed by atoms with E-state index in [9.17, 15) is 9.90 Å². The molecule has 153 valence electrons. The summed E-state index contributed by atoms with van der Waals surface area (Å²) in [5, 5.41) is 13.6. The van der Waals surface area contributed by atoms with Crippen molar-refractivity contribution in [3.05, 3.63) is 59.2 Å². The average molecular weight is 470 g/mol. The molecule has 1 unspecified atom stereocenters. The first-order chi connectivity index (χ1) is 13.5. The third-order valence-corrected chi connectivity index (χ3v) is 6.26. The third-order valence-electron chi connectivity index (χ3n) is 6.26. The molecule has 1 heterocycles. The van der Waals surface area contributed by atoms with Crippen LogP contribution in [0.5, 0.6) is 5.75 Å². The molecule has 2 aromatic rings. The molecule has 5 heteroatoms. The molecular weight excluding hydrogens is 437 g/mol. The van der Waals surface area contributed by atoms with Gasteiger partial charge >= 0.3 is 0 Å². The molecule has 1 aliphatic rings. The molecule has 0 aliphatic carbocycles. The molecule has 0 saturated carbocycles. The molecule has 1 aliphatic heterocycles. The number of phenolic OH excluding ortho intramolecular Hbond substituents is 1. The molecule has 2 N–H and O–H groups in total. The number of carbonyl (C=O) groups excluding carboxylic acids is 1. The van der Waals surface area contributed by atoms with Crippen molar-refractivity contribution >= 4 is 11.6 Å². The van der Waals surface area contributed by atoms with Crippen LogP contribution < -0.4 is 5.32 Å². The van der Waals surface area contributed by atoms with Crippen LogP contribution in [-0.4, -0.2) is 34.6 Å². The van der Waals surface area contributed by atoms with E-state index in [0.717, 1.165) is 59.2 Å². The minimum absolute atomic E-state index is 0. The predicted molar refractivity (Wildman–Crippen MR) is 114 cm³/mol. The Kier molecular flexibility index (Phi) is 8.87. The molecule has 1 radical (unpaired) electrons. The summed E-state index contributed by atoms with van der Waals surface area (Å²) in [6, 6.07) is 13.5. The van der Waals surface area contributed by atoms with Gasteiger partial charge in [-0.25, -0.2) is 0 Å². The van der Waals surface area contributed by atoms with Crippen molar-refractivity contribution in [3.63, 3.8) is 0 Å². The maximum absolute atomic E-state index is 13.4.